The van der Waals surface area contributed by atoms with E-state index in [-0.39, 0.29) is 0 Å². The smallest absolute Gasteiger partial charge is 0.0625 e. The standard InChI is InChI=1S/C43H30N2/c1-44(33-13-3-2-4-14-33)34-23-19-30(20-24-34)32-22-26-40-41(28-32)45(35-25-21-29-11-5-6-12-31(29)27-35)43-39-18-10-8-16-37(39)36-15-7-9-17-38(36)42(40)43/h2-28H,1H3. The van der Waals surface area contributed by atoms with E-state index in [0.29, 0.717) is 0 Å². The minimum atomic E-state index is 1.16. The van der Waals surface area contributed by atoms with Gasteiger partial charge in [-0.2, -0.15) is 0 Å². The van der Waals surface area contributed by atoms with Gasteiger partial charge >= 0.3 is 0 Å². The molecule has 2 heteroatoms. The highest BCUT2D eigenvalue weighted by atomic mass is 15.1. The number of nitrogens with zero attached hydrogens (tertiary/aromatic N) is 2. The summed E-state index contributed by atoms with van der Waals surface area (Å²) in [5.41, 5.74) is 8.38. The highest BCUT2D eigenvalue weighted by Crippen LogP contribution is 2.43. The van der Waals surface area contributed by atoms with E-state index in [2.05, 4.69) is 180 Å². The van der Waals surface area contributed by atoms with E-state index in [4.69, 9.17) is 0 Å². The van der Waals surface area contributed by atoms with Gasteiger partial charge in [0.25, 0.3) is 0 Å². The van der Waals surface area contributed by atoms with Crippen LogP contribution >= 0.6 is 0 Å². The molecule has 1 aromatic heterocycles. The van der Waals surface area contributed by atoms with E-state index < -0.39 is 0 Å². The molecule has 0 atom stereocenters. The van der Waals surface area contributed by atoms with Gasteiger partial charge in [0, 0.05) is 40.3 Å². The number of fused-ring (bicyclic) bond motifs is 9. The van der Waals surface area contributed by atoms with E-state index >= 15 is 0 Å². The van der Waals surface area contributed by atoms with E-state index in [9.17, 15) is 0 Å². The van der Waals surface area contributed by atoms with Crippen LogP contribution in [-0.2, 0) is 0 Å². The van der Waals surface area contributed by atoms with Crippen molar-refractivity contribution in [3.8, 4) is 16.8 Å². The Morgan fingerprint density at radius 2 is 1.02 bits per heavy atom. The van der Waals surface area contributed by atoms with Crippen LogP contribution in [-0.4, -0.2) is 11.6 Å². The molecule has 0 unspecified atom stereocenters. The average Bonchev–Trinajstić information content (AvgIpc) is 3.46. The Hall–Kier alpha value is -5.86. The van der Waals surface area contributed by atoms with Gasteiger partial charge in [0.05, 0.1) is 11.0 Å². The first-order valence-corrected chi connectivity index (χ1v) is 15.5. The molecule has 0 saturated heterocycles. The van der Waals surface area contributed by atoms with Crippen molar-refractivity contribution in [2.75, 3.05) is 11.9 Å². The van der Waals surface area contributed by atoms with Crippen LogP contribution in [0.3, 0.4) is 0 Å². The number of rotatable bonds is 4. The SMILES string of the molecule is CN(c1ccccc1)c1ccc(-c2ccc3c4c5ccccc5c5ccccc5c4n(-c4ccc5ccccc5c4)c3c2)cc1. The summed E-state index contributed by atoms with van der Waals surface area (Å²) in [6.07, 6.45) is 0. The molecule has 1 heterocycles. The van der Waals surface area contributed by atoms with Crippen LogP contribution in [0.1, 0.15) is 0 Å². The minimum absolute atomic E-state index is 1.16. The lowest BCUT2D eigenvalue weighted by Crippen LogP contribution is -2.08. The molecule has 0 amide bonds. The molecule has 0 aliphatic heterocycles. The first kappa shape index (κ1) is 25.6. The quantitative estimate of drug-likeness (QED) is 0.190. The van der Waals surface area contributed by atoms with Gasteiger partial charge in [0.2, 0.25) is 0 Å². The third kappa shape index (κ3) is 4.03. The Bertz CT molecular complexity index is 2540. The average molecular weight is 575 g/mol. The van der Waals surface area contributed by atoms with Crippen molar-refractivity contribution in [2.24, 2.45) is 0 Å². The van der Waals surface area contributed by atoms with Crippen molar-refractivity contribution in [3.63, 3.8) is 0 Å². The number of hydrogen-bond donors (Lipinski definition) is 0. The maximum absolute atomic E-state index is 2.49. The van der Waals surface area contributed by atoms with Crippen LogP contribution in [0.4, 0.5) is 11.4 Å². The third-order valence-electron chi connectivity index (χ3n) is 9.36. The monoisotopic (exact) mass is 574 g/mol. The first-order chi connectivity index (χ1) is 22.2. The summed E-state index contributed by atoms with van der Waals surface area (Å²) in [6, 6.07) is 59.6. The number of anilines is 2. The van der Waals surface area contributed by atoms with E-state index in [1.165, 1.54) is 76.6 Å². The fourth-order valence-electron chi connectivity index (χ4n) is 7.12. The fraction of sp³-hybridized carbons (Fsp3) is 0.0233. The molecule has 9 rings (SSSR count). The topological polar surface area (TPSA) is 8.17 Å². The van der Waals surface area contributed by atoms with Gasteiger partial charge in [-0.3, -0.25) is 0 Å². The highest BCUT2D eigenvalue weighted by molar-refractivity contribution is 6.32. The molecule has 0 N–H and O–H groups in total. The molecule has 8 aromatic carbocycles. The molecule has 0 aliphatic carbocycles. The van der Waals surface area contributed by atoms with Crippen molar-refractivity contribution in [1.82, 2.24) is 4.57 Å². The van der Waals surface area contributed by atoms with Gasteiger partial charge in [-0.05, 0) is 80.5 Å². The van der Waals surface area contributed by atoms with Crippen LogP contribution < -0.4 is 4.90 Å². The molecule has 0 bridgehead atoms. The molecule has 45 heavy (non-hydrogen) atoms. The normalized spacial score (nSPS) is 11.7. The molecule has 0 fully saturated rings. The zero-order chi connectivity index (χ0) is 29.9. The van der Waals surface area contributed by atoms with Crippen LogP contribution in [0, 0.1) is 0 Å². The third-order valence-corrected chi connectivity index (χ3v) is 9.36. The molecular weight excluding hydrogens is 544 g/mol. The zero-order valence-corrected chi connectivity index (χ0v) is 25.0. The highest BCUT2D eigenvalue weighted by Gasteiger charge is 2.19. The molecule has 9 aromatic rings. The molecule has 0 radical (unpaired) electrons. The van der Waals surface area contributed by atoms with Gasteiger partial charge < -0.3 is 9.47 Å². The lowest BCUT2D eigenvalue weighted by molar-refractivity contribution is 1.19. The van der Waals surface area contributed by atoms with Gasteiger partial charge in [0.1, 0.15) is 0 Å². The summed E-state index contributed by atoms with van der Waals surface area (Å²) in [5.74, 6) is 0. The number of benzene rings is 8. The van der Waals surface area contributed by atoms with Crippen molar-refractivity contribution in [1.29, 1.82) is 0 Å². The van der Waals surface area contributed by atoms with Crippen molar-refractivity contribution < 1.29 is 0 Å². The van der Waals surface area contributed by atoms with Crippen molar-refractivity contribution in [3.05, 3.63) is 164 Å². The second-order valence-corrected chi connectivity index (χ2v) is 11.9. The summed E-state index contributed by atoms with van der Waals surface area (Å²) in [6.45, 7) is 0. The van der Waals surface area contributed by atoms with Gasteiger partial charge in [-0.25, -0.2) is 0 Å². The zero-order valence-electron chi connectivity index (χ0n) is 25.0. The Labute approximate surface area is 262 Å². The number of para-hydroxylation sites is 1. The Morgan fingerprint density at radius 3 is 1.80 bits per heavy atom. The molecule has 0 saturated carbocycles. The molecule has 212 valence electrons. The molecule has 0 aliphatic rings. The first-order valence-electron chi connectivity index (χ1n) is 15.5. The van der Waals surface area contributed by atoms with E-state index in [1.54, 1.807) is 0 Å². The summed E-state index contributed by atoms with van der Waals surface area (Å²) < 4.78 is 2.49. The minimum Gasteiger partial charge on any atom is -0.345 e. The van der Waals surface area contributed by atoms with Crippen molar-refractivity contribution in [2.45, 2.75) is 0 Å². The largest absolute Gasteiger partial charge is 0.345 e. The van der Waals surface area contributed by atoms with Gasteiger partial charge in [0.15, 0.2) is 0 Å². The lowest BCUT2D eigenvalue weighted by Gasteiger charge is -2.19. The maximum atomic E-state index is 2.49. The Morgan fingerprint density at radius 1 is 0.422 bits per heavy atom. The summed E-state index contributed by atoms with van der Waals surface area (Å²) >= 11 is 0. The lowest BCUT2D eigenvalue weighted by atomic mass is 9.96. The summed E-state index contributed by atoms with van der Waals surface area (Å²) in [7, 11) is 2.12. The van der Waals surface area contributed by atoms with Crippen LogP contribution in [0.15, 0.2) is 164 Å². The maximum Gasteiger partial charge on any atom is 0.0625 e. The Kier molecular flexibility index (Phi) is 5.76. The second kappa shape index (κ2) is 10.1. The van der Waals surface area contributed by atoms with E-state index in [0.717, 1.165) is 5.69 Å². The van der Waals surface area contributed by atoms with E-state index in [1.807, 2.05) is 0 Å². The van der Waals surface area contributed by atoms with Gasteiger partial charge in [-0.1, -0.05) is 121 Å². The number of aromatic nitrogens is 1. The number of hydrogen-bond acceptors (Lipinski definition) is 1. The fourth-order valence-corrected chi connectivity index (χ4v) is 7.12. The van der Waals surface area contributed by atoms with Crippen LogP contribution in [0.5, 0.6) is 0 Å². The Balaban J connectivity index is 1.32. The van der Waals surface area contributed by atoms with Crippen molar-refractivity contribution >= 4 is 65.5 Å². The predicted octanol–water partition coefficient (Wildman–Crippen LogP) is 11.7. The molecular formula is C43H30N2. The second-order valence-electron chi connectivity index (χ2n) is 11.9. The van der Waals surface area contributed by atoms with Crippen LogP contribution in [0.25, 0.3) is 70.9 Å². The molecule has 2 nitrogen and oxygen atoms in total. The predicted molar refractivity (Wildman–Crippen MR) is 193 cm³/mol. The van der Waals surface area contributed by atoms with Crippen LogP contribution in [0.2, 0.25) is 0 Å². The molecule has 0 spiro atoms. The summed E-state index contributed by atoms with van der Waals surface area (Å²) in [4.78, 5) is 2.22. The van der Waals surface area contributed by atoms with Gasteiger partial charge in [-0.15, -0.1) is 0 Å². The summed E-state index contributed by atoms with van der Waals surface area (Å²) in [5, 5.41) is 10.2.